The van der Waals surface area contributed by atoms with E-state index in [0.29, 0.717) is 6.61 Å². The monoisotopic (exact) mass is 296 g/mol. The van der Waals surface area contributed by atoms with E-state index in [-0.39, 0.29) is 36.9 Å². The van der Waals surface area contributed by atoms with Crippen LogP contribution in [0.3, 0.4) is 0 Å². The Morgan fingerprint density at radius 1 is 1.17 bits per heavy atom. The van der Waals surface area contributed by atoms with Crippen molar-refractivity contribution in [2.45, 2.75) is 0 Å². The zero-order valence-corrected chi connectivity index (χ0v) is 8.75. The molecule has 1 nitrogen and oxygen atoms in total. The summed E-state index contributed by atoms with van der Waals surface area (Å²) in [5.41, 5.74) is 1.17. The van der Waals surface area contributed by atoms with Crippen LogP contribution >= 0.6 is 0 Å². The Morgan fingerprint density at radius 3 is 2.67 bits per heavy atom. The number of benzene rings is 1. The minimum atomic E-state index is 0. The quantitative estimate of drug-likeness (QED) is 0.666. The summed E-state index contributed by atoms with van der Waals surface area (Å²) < 4.78 is 5.34. The fourth-order valence-electron chi connectivity index (χ4n) is 1.06. The average molecular weight is 297 g/mol. The number of rotatable bonds is 0. The molecule has 0 N–H and O–H groups in total. The van der Waals surface area contributed by atoms with Crippen molar-refractivity contribution in [2.75, 3.05) is 6.61 Å². The summed E-state index contributed by atoms with van der Waals surface area (Å²) in [6.07, 6.45) is 4.10. The molecule has 0 unspecified atom stereocenters. The second kappa shape index (κ2) is 5.54. The standard InChI is InChI=1S/C9H8O.Ni.Pd/c1-2-6-9-8(4-1)5-3-7-10-9;;/h1-6H,7H2;;. The molecule has 0 amide bonds. The van der Waals surface area contributed by atoms with Crippen LogP contribution < -0.4 is 4.74 Å². The zero-order valence-electron chi connectivity index (χ0n) is 6.21. The predicted octanol–water partition coefficient (Wildman–Crippen LogP) is 2.09. The van der Waals surface area contributed by atoms with E-state index in [4.69, 9.17) is 4.74 Å². The topological polar surface area (TPSA) is 9.23 Å². The van der Waals surface area contributed by atoms with Crippen LogP contribution in [0.15, 0.2) is 30.3 Å². The number of hydrogen-bond donors (Lipinski definition) is 0. The average Bonchev–Trinajstić information content (AvgIpc) is 2.05. The minimum Gasteiger partial charge on any atom is -0.489 e. The van der Waals surface area contributed by atoms with E-state index in [1.807, 2.05) is 30.3 Å². The van der Waals surface area contributed by atoms with Crippen molar-refractivity contribution in [3.8, 4) is 5.75 Å². The third kappa shape index (κ3) is 2.46. The second-order valence-electron chi connectivity index (χ2n) is 2.25. The molecule has 0 radical (unpaired) electrons. The molecule has 0 atom stereocenters. The van der Waals surface area contributed by atoms with Crippen LogP contribution in [0.4, 0.5) is 0 Å². The molecule has 70 valence electrons. The third-order valence-electron chi connectivity index (χ3n) is 1.55. The first-order chi connectivity index (χ1) is 4.97. The summed E-state index contributed by atoms with van der Waals surface area (Å²) in [6.45, 7) is 0.705. The van der Waals surface area contributed by atoms with Gasteiger partial charge in [-0.3, -0.25) is 0 Å². The molecule has 0 fully saturated rings. The van der Waals surface area contributed by atoms with E-state index in [9.17, 15) is 0 Å². The van der Waals surface area contributed by atoms with Gasteiger partial charge >= 0.3 is 0 Å². The third-order valence-corrected chi connectivity index (χ3v) is 1.55. The molecule has 12 heavy (non-hydrogen) atoms. The van der Waals surface area contributed by atoms with E-state index in [1.54, 1.807) is 0 Å². The van der Waals surface area contributed by atoms with E-state index < -0.39 is 0 Å². The molecular weight excluding hydrogens is 289 g/mol. The maximum atomic E-state index is 5.34. The molecule has 1 aromatic rings. The molecule has 1 aliphatic heterocycles. The van der Waals surface area contributed by atoms with Crippen molar-refractivity contribution in [1.82, 2.24) is 0 Å². The van der Waals surface area contributed by atoms with Gasteiger partial charge in [-0.25, -0.2) is 0 Å². The van der Waals surface area contributed by atoms with Crippen molar-refractivity contribution in [1.29, 1.82) is 0 Å². The normalized spacial score (nSPS) is 11.7. The Kier molecular flexibility index (Phi) is 5.50. The molecular formula is C9H8NiOPd. The van der Waals surface area contributed by atoms with Gasteiger partial charge in [-0.1, -0.05) is 24.3 Å². The summed E-state index contributed by atoms with van der Waals surface area (Å²) in [7, 11) is 0. The summed E-state index contributed by atoms with van der Waals surface area (Å²) >= 11 is 0. The van der Waals surface area contributed by atoms with Crippen LogP contribution in [-0.2, 0) is 36.9 Å². The van der Waals surface area contributed by atoms with Crippen LogP contribution in [0.25, 0.3) is 6.08 Å². The molecule has 0 aromatic heterocycles. The Hall–Kier alpha value is -0.0842. The van der Waals surface area contributed by atoms with E-state index in [1.165, 1.54) is 5.56 Å². The van der Waals surface area contributed by atoms with Gasteiger partial charge in [0.15, 0.2) is 0 Å². The summed E-state index contributed by atoms with van der Waals surface area (Å²) in [5.74, 6) is 0.991. The number of fused-ring (bicyclic) bond motifs is 1. The van der Waals surface area contributed by atoms with Crippen LogP contribution in [-0.4, -0.2) is 6.61 Å². The Morgan fingerprint density at radius 2 is 1.92 bits per heavy atom. The largest absolute Gasteiger partial charge is 0.489 e. The first-order valence-corrected chi connectivity index (χ1v) is 3.35. The molecule has 0 saturated heterocycles. The molecule has 1 aliphatic rings. The molecule has 3 heteroatoms. The summed E-state index contributed by atoms with van der Waals surface area (Å²) in [6, 6.07) is 8.03. The Labute approximate surface area is 95.8 Å². The molecule has 1 heterocycles. The molecule has 0 spiro atoms. The van der Waals surface area contributed by atoms with Gasteiger partial charge in [0.25, 0.3) is 0 Å². The van der Waals surface area contributed by atoms with Crippen molar-refractivity contribution in [3.05, 3.63) is 35.9 Å². The van der Waals surface area contributed by atoms with Gasteiger partial charge < -0.3 is 4.74 Å². The number of hydrogen-bond acceptors (Lipinski definition) is 1. The summed E-state index contributed by atoms with van der Waals surface area (Å²) in [5, 5.41) is 0. The van der Waals surface area contributed by atoms with Crippen LogP contribution in [0.2, 0.25) is 0 Å². The smallest absolute Gasteiger partial charge is 0.126 e. The first-order valence-electron chi connectivity index (χ1n) is 3.35. The van der Waals surface area contributed by atoms with E-state index >= 15 is 0 Å². The van der Waals surface area contributed by atoms with Crippen molar-refractivity contribution in [3.63, 3.8) is 0 Å². The molecule has 0 saturated carbocycles. The predicted molar refractivity (Wildman–Crippen MR) is 41.0 cm³/mol. The van der Waals surface area contributed by atoms with Crippen molar-refractivity contribution in [2.24, 2.45) is 0 Å². The van der Waals surface area contributed by atoms with Gasteiger partial charge in [0.1, 0.15) is 12.4 Å². The first kappa shape index (κ1) is 11.9. The minimum absolute atomic E-state index is 0. The van der Waals surface area contributed by atoms with Gasteiger partial charge in [-0.05, 0) is 12.1 Å². The maximum Gasteiger partial charge on any atom is 0.126 e. The van der Waals surface area contributed by atoms with Crippen LogP contribution in [0, 0.1) is 0 Å². The van der Waals surface area contributed by atoms with E-state index in [2.05, 4.69) is 6.08 Å². The van der Waals surface area contributed by atoms with Crippen molar-refractivity contribution < 1.29 is 41.7 Å². The molecule has 0 bridgehead atoms. The van der Waals surface area contributed by atoms with Crippen LogP contribution in [0.1, 0.15) is 5.56 Å². The molecule has 1 aromatic carbocycles. The van der Waals surface area contributed by atoms with Gasteiger partial charge in [-0.2, -0.15) is 0 Å². The zero-order chi connectivity index (χ0) is 6.81. The molecule has 0 aliphatic carbocycles. The summed E-state index contributed by atoms with van der Waals surface area (Å²) in [4.78, 5) is 0. The second-order valence-corrected chi connectivity index (χ2v) is 2.25. The SMILES string of the molecule is C1=Cc2ccccc2OC1.[Ni].[Pd]. The number of para-hydroxylation sites is 1. The fraction of sp³-hybridized carbons (Fsp3) is 0.111. The fourth-order valence-corrected chi connectivity index (χ4v) is 1.06. The number of ether oxygens (including phenoxy) is 1. The molecule has 2 rings (SSSR count). The van der Waals surface area contributed by atoms with Gasteiger partial charge in [0, 0.05) is 42.5 Å². The van der Waals surface area contributed by atoms with Crippen LogP contribution in [0.5, 0.6) is 5.75 Å². The Balaban J connectivity index is 0.000000605. The van der Waals surface area contributed by atoms with Gasteiger partial charge in [0.2, 0.25) is 0 Å². The van der Waals surface area contributed by atoms with E-state index in [0.717, 1.165) is 5.75 Å². The maximum absolute atomic E-state index is 5.34. The van der Waals surface area contributed by atoms with Gasteiger partial charge in [-0.15, -0.1) is 0 Å². The Bertz CT molecular complexity index is 273. The van der Waals surface area contributed by atoms with Crippen molar-refractivity contribution >= 4 is 6.08 Å². The van der Waals surface area contributed by atoms with Gasteiger partial charge in [0.05, 0.1) is 0 Å².